The molecule has 0 spiro atoms. The Bertz CT molecular complexity index is 644. The number of anilines is 1. The Hall–Kier alpha value is -1.27. The summed E-state index contributed by atoms with van der Waals surface area (Å²) in [6, 6.07) is 13.1. The predicted molar refractivity (Wildman–Crippen MR) is 98.7 cm³/mol. The first kappa shape index (κ1) is 17.1. The lowest BCUT2D eigenvalue weighted by Gasteiger charge is -2.09. The smallest absolute Gasteiger partial charge is 0.224 e. The summed E-state index contributed by atoms with van der Waals surface area (Å²) in [6.07, 6.45) is 1.09. The average molecular weight is 430 g/mol. The summed E-state index contributed by atoms with van der Waals surface area (Å²) < 4.78 is 6.72. The van der Waals surface area contributed by atoms with Gasteiger partial charge in [0.15, 0.2) is 0 Å². The van der Waals surface area contributed by atoms with E-state index >= 15 is 0 Å². The maximum Gasteiger partial charge on any atom is 0.224 e. The first-order valence-electron chi connectivity index (χ1n) is 6.99. The Morgan fingerprint density at radius 2 is 1.95 bits per heavy atom. The summed E-state index contributed by atoms with van der Waals surface area (Å²) in [4.78, 5) is 11.9. The highest BCUT2D eigenvalue weighted by Crippen LogP contribution is 2.18. The summed E-state index contributed by atoms with van der Waals surface area (Å²) in [5.74, 6) is 0.766. The van der Waals surface area contributed by atoms with Gasteiger partial charge in [-0.05, 0) is 84.0 Å². The lowest BCUT2D eigenvalue weighted by molar-refractivity contribution is -0.116. The first-order chi connectivity index (χ1) is 10.5. The van der Waals surface area contributed by atoms with E-state index in [1.807, 2.05) is 37.3 Å². The van der Waals surface area contributed by atoms with Gasteiger partial charge in [0.2, 0.25) is 5.91 Å². The van der Waals surface area contributed by atoms with Gasteiger partial charge in [-0.2, -0.15) is 0 Å². The fraction of sp³-hybridized carbons (Fsp3) is 0.235. The van der Waals surface area contributed by atoms with E-state index in [1.165, 1.54) is 0 Å². The third kappa shape index (κ3) is 5.50. The Balaban J connectivity index is 1.72. The van der Waals surface area contributed by atoms with E-state index in [0.29, 0.717) is 24.5 Å². The van der Waals surface area contributed by atoms with E-state index in [4.69, 9.17) is 16.3 Å². The highest BCUT2D eigenvalue weighted by molar-refractivity contribution is 14.1. The summed E-state index contributed by atoms with van der Waals surface area (Å²) >= 11 is 8.06. The van der Waals surface area contributed by atoms with Gasteiger partial charge in [0.25, 0.3) is 0 Å². The molecule has 0 heterocycles. The number of amides is 1. The first-order valence-corrected chi connectivity index (χ1v) is 8.44. The summed E-state index contributed by atoms with van der Waals surface area (Å²) in [6.45, 7) is 2.49. The van der Waals surface area contributed by atoms with Crippen LogP contribution in [0.15, 0.2) is 42.5 Å². The van der Waals surface area contributed by atoms with E-state index < -0.39 is 0 Å². The molecule has 3 nitrogen and oxygen atoms in total. The number of aryl methyl sites for hydroxylation is 1. The molecular weight excluding hydrogens is 413 g/mol. The number of halogens is 2. The van der Waals surface area contributed by atoms with Crippen molar-refractivity contribution in [3.05, 3.63) is 56.6 Å². The average Bonchev–Trinajstić information content (AvgIpc) is 2.48. The van der Waals surface area contributed by atoms with Crippen molar-refractivity contribution in [2.75, 3.05) is 11.9 Å². The van der Waals surface area contributed by atoms with Crippen LogP contribution in [-0.2, 0) is 4.79 Å². The standard InChI is InChI=1S/C17H17ClINO2/c1-12-11-14(19)6-9-16(12)20-17(21)3-2-10-22-15-7-4-13(18)5-8-15/h4-9,11H,2-3,10H2,1H3,(H,20,21). The van der Waals surface area contributed by atoms with Crippen LogP contribution in [-0.4, -0.2) is 12.5 Å². The van der Waals surface area contributed by atoms with Crippen LogP contribution in [0, 0.1) is 10.5 Å². The lowest BCUT2D eigenvalue weighted by Crippen LogP contribution is -2.13. The van der Waals surface area contributed by atoms with E-state index in [2.05, 4.69) is 27.9 Å². The molecule has 0 unspecified atom stereocenters. The SMILES string of the molecule is Cc1cc(I)ccc1NC(=O)CCCOc1ccc(Cl)cc1. The minimum Gasteiger partial charge on any atom is -0.494 e. The van der Waals surface area contributed by atoms with Gasteiger partial charge in [0.05, 0.1) is 6.61 Å². The normalized spacial score (nSPS) is 10.3. The monoisotopic (exact) mass is 429 g/mol. The largest absolute Gasteiger partial charge is 0.494 e. The minimum absolute atomic E-state index is 0.00372. The maximum absolute atomic E-state index is 11.9. The van der Waals surface area contributed by atoms with Crippen LogP contribution in [0.1, 0.15) is 18.4 Å². The zero-order valence-corrected chi connectivity index (χ0v) is 15.1. The van der Waals surface area contributed by atoms with Gasteiger partial charge in [-0.3, -0.25) is 4.79 Å². The van der Waals surface area contributed by atoms with E-state index in [0.717, 1.165) is 20.6 Å². The zero-order valence-electron chi connectivity index (χ0n) is 12.2. The van der Waals surface area contributed by atoms with Crippen LogP contribution in [0.4, 0.5) is 5.69 Å². The number of hydrogen-bond donors (Lipinski definition) is 1. The second-order valence-corrected chi connectivity index (χ2v) is 6.60. The molecule has 0 radical (unpaired) electrons. The second-order valence-electron chi connectivity index (χ2n) is 4.91. The highest BCUT2D eigenvalue weighted by atomic mass is 127. The molecule has 1 N–H and O–H groups in total. The Kier molecular flexibility index (Phi) is 6.51. The van der Waals surface area contributed by atoms with Gasteiger partial charge in [0, 0.05) is 20.7 Å². The Labute approximate surface area is 149 Å². The van der Waals surface area contributed by atoms with Crippen LogP contribution in [0.2, 0.25) is 5.02 Å². The predicted octanol–water partition coefficient (Wildman–Crippen LogP) is 5.05. The molecule has 0 atom stereocenters. The molecule has 5 heteroatoms. The molecule has 22 heavy (non-hydrogen) atoms. The third-order valence-electron chi connectivity index (χ3n) is 3.09. The van der Waals surface area contributed by atoms with Crippen molar-refractivity contribution in [3.63, 3.8) is 0 Å². The topological polar surface area (TPSA) is 38.3 Å². The molecule has 2 aromatic rings. The van der Waals surface area contributed by atoms with Crippen LogP contribution >= 0.6 is 34.2 Å². The highest BCUT2D eigenvalue weighted by Gasteiger charge is 2.05. The summed E-state index contributed by atoms with van der Waals surface area (Å²) in [7, 11) is 0. The summed E-state index contributed by atoms with van der Waals surface area (Å²) in [5.41, 5.74) is 1.93. The number of carbonyl (C=O) groups excluding carboxylic acids is 1. The van der Waals surface area contributed by atoms with E-state index in [-0.39, 0.29) is 5.91 Å². The quantitative estimate of drug-likeness (QED) is 0.515. The maximum atomic E-state index is 11.9. The molecule has 116 valence electrons. The molecule has 0 fully saturated rings. The molecule has 1 amide bonds. The van der Waals surface area contributed by atoms with Crippen molar-refractivity contribution < 1.29 is 9.53 Å². The van der Waals surface area contributed by atoms with Crippen molar-refractivity contribution in [2.45, 2.75) is 19.8 Å². The molecular formula is C17H17ClINO2. The van der Waals surface area contributed by atoms with Gasteiger partial charge in [0.1, 0.15) is 5.75 Å². The third-order valence-corrected chi connectivity index (χ3v) is 4.02. The molecule has 0 aliphatic heterocycles. The van der Waals surface area contributed by atoms with Crippen molar-refractivity contribution in [2.24, 2.45) is 0 Å². The molecule has 0 aliphatic rings. The zero-order chi connectivity index (χ0) is 15.9. The van der Waals surface area contributed by atoms with Gasteiger partial charge in [-0.15, -0.1) is 0 Å². The fourth-order valence-corrected chi connectivity index (χ4v) is 2.71. The number of nitrogens with one attached hydrogen (secondary N) is 1. The van der Waals surface area contributed by atoms with Crippen LogP contribution in [0.25, 0.3) is 0 Å². The van der Waals surface area contributed by atoms with Crippen LogP contribution in [0.5, 0.6) is 5.75 Å². The van der Waals surface area contributed by atoms with E-state index in [1.54, 1.807) is 12.1 Å². The molecule has 0 saturated heterocycles. The van der Waals surface area contributed by atoms with Crippen molar-refractivity contribution in [1.82, 2.24) is 0 Å². The molecule has 2 aromatic carbocycles. The van der Waals surface area contributed by atoms with Gasteiger partial charge >= 0.3 is 0 Å². The van der Waals surface area contributed by atoms with Crippen molar-refractivity contribution >= 4 is 45.8 Å². The second kappa shape index (κ2) is 8.39. The van der Waals surface area contributed by atoms with Crippen molar-refractivity contribution in [1.29, 1.82) is 0 Å². The molecule has 0 saturated carbocycles. The lowest BCUT2D eigenvalue weighted by atomic mass is 10.2. The Morgan fingerprint density at radius 3 is 2.64 bits per heavy atom. The number of carbonyl (C=O) groups is 1. The number of hydrogen-bond acceptors (Lipinski definition) is 2. The fourth-order valence-electron chi connectivity index (χ4n) is 1.93. The number of rotatable bonds is 6. The van der Waals surface area contributed by atoms with Crippen LogP contribution < -0.4 is 10.1 Å². The van der Waals surface area contributed by atoms with E-state index in [9.17, 15) is 4.79 Å². The molecule has 0 aromatic heterocycles. The minimum atomic E-state index is 0.00372. The molecule has 0 aliphatic carbocycles. The number of ether oxygens (including phenoxy) is 1. The van der Waals surface area contributed by atoms with Gasteiger partial charge in [-0.1, -0.05) is 11.6 Å². The van der Waals surface area contributed by atoms with Crippen LogP contribution in [0.3, 0.4) is 0 Å². The number of benzene rings is 2. The van der Waals surface area contributed by atoms with Gasteiger partial charge in [-0.25, -0.2) is 0 Å². The summed E-state index contributed by atoms with van der Waals surface area (Å²) in [5, 5.41) is 3.61. The Morgan fingerprint density at radius 1 is 1.23 bits per heavy atom. The molecule has 0 bridgehead atoms. The van der Waals surface area contributed by atoms with Gasteiger partial charge < -0.3 is 10.1 Å². The van der Waals surface area contributed by atoms with Crippen molar-refractivity contribution in [3.8, 4) is 5.75 Å². The molecule has 2 rings (SSSR count).